The van der Waals surface area contributed by atoms with Crippen LogP contribution in [0, 0.1) is 0 Å². The Morgan fingerprint density at radius 1 is 0.767 bits per heavy atom. The molecule has 0 spiro atoms. The highest BCUT2D eigenvalue weighted by molar-refractivity contribution is 6.32. The molecule has 0 aromatic heterocycles. The average Bonchev–Trinajstić information content (AvgIpc) is 3.60. The highest BCUT2D eigenvalue weighted by Crippen LogP contribution is 2.53. The van der Waals surface area contributed by atoms with Crippen molar-refractivity contribution in [3.05, 3.63) is 94.0 Å². The van der Waals surface area contributed by atoms with Crippen LogP contribution in [0.15, 0.2) is 66.7 Å². The van der Waals surface area contributed by atoms with Gasteiger partial charge in [-0.3, -0.25) is 0 Å². The van der Waals surface area contributed by atoms with Crippen molar-refractivity contribution >= 4 is 11.6 Å². The molecule has 1 aliphatic carbocycles. The second-order valence-electron chi connectivity index (χ2n) is 7.93. The van der Waals surface area contributed by atoms with Crippen molar-refractivity contribution in [2.45, 2.75) is 44.9 Å². The third kappa shape index (κ3) is 4.34. The van der Waals surface area contributed by atoms with Crippen LogP contribution in [0.2, 0.25) is 5.02 Å². The summed E-state index contributed by atoms with van der Waals surface area (Å²) in [4.78, 5) is 0. The van der Waals surface area contributed by atoms with Gasteiger partial charge >= 0.3 is 0 Å². The molecule has 3 aromatic rings. The molecule has 0 radical (unpaired) electrons. The number of halogens is 1. The van der Waals surface area contributed by atoms with Gasteiger partial charge in [-0.15, -0.1) is 0 Å². The summed E-state index contributed by atoms with van der Waals surface area (Å²) in [6.45, 7) is 5.25. The lowest BCUT2D eigenvalue weighted by molar-refractivity contribution is 0.217. The number of ether oxygens (including phenoxy) is 2. The zero-order valence-corrected chi connectivity index (χ0v) is 18.5. The van der Waals surface area contributed by atoms with Gasteiger partial charge in [0.25, 0.3) is 0 Å². The van der Waals surface area contributed by atoms with Gasteiger partial charge in [-0.05, 0) is 72.2 Å². The van der Waals surface area contributed by atoms with Crippen LogP contribution < -0.4 is 9.47 Å². The molecule has 3 aromatic carbocycles. The van der Waals surface area contributed by atoms with Gasteiger partial charge in [0.2, 0.25) is 0 Å². The molecule has 156 valence electrons. The van der Waals surface area contributed by atoms with Crippen LogP contribution in [0.4, 0.5) is 0 Å². The van der Waals surface area contributed by atoms with Crippen molar-refractivity contribution < 1.29 is 9.47 Å². The molecule has 0 unspecified atom stereocenters. The summed E-state index contributed by atoms with van der Waals surface area (Å²) >= 11 is 6.38. The Morgan fingerprint density at radius 2 is 1.37 bits per heavy atom. The lowest BCUT2D eigenvalue weighted by Crippen LogP contribution is -2.11. The lowest BCUT2D eigenvalue weighted by Gasteiger charge is -2.17. The second-order valence-corrected chi connectivity index (χ2v) is 8.34. The van der Waals surface area contributed by atoms with Crippen LogP contribution in [0.3, 0.4) is 0 Å². The molecule has 4 rings (SSSR count). The SMILES string of the molecule is CCc1cc(Cl)c(OCCOc2ccc(C3(c4ccccc4)CC3)cc2)cc1CC. The van der Waals surface area contributed by atoms with E-state index in [9.17, 15) is 0 Å². The number of hydrogen-bond acceptors (Lipinski definition) is 2. The fourth-order valence-corrected chi connectivity index (χ4v) is 4.45. The van der Waals surface area contributed by atoms with Gasteiger partial charge in [-0.1, -0.05) is 67.9 Å². The molecule has 2 nitrogen and oxygen atoms in total. The zero-order valence-electron chi connectivity index (χ0n) is 17.8. The monoisotopic (exact) mass is 420 g/mol. The minimum Gasteiger partial charge on any atom is -0.490 e. The fourth-order valence-electron chi connectivity index (χ4n) is 4.21. The summed E-state index contributed by atoms with van der Waals surface area (Å²) < 4.78 is 11.8. The molecular formula is C27H29ClO2. The van der Waals surface area contributed by atoms with E-state index in [1.807, 2.05) is 6.07 Å². The quantitative estimate of drug-likeness (QED) is 0.347. The Balaban J connectivity index is 1.33. The third-order valence-electron chi connectivity index (χ3n) is 6.11. The summed E-state index contributed by atoms with van der Waals surface area (Å²) in [7, 11) is 0. The van der Waals surface area contributed by atoms with Crippen molar-refractivity contribution in [2.24, 2.45) is 0 Å². The van der Waals surface area contributed by atoms with Gasteiger partial charge in [0.05, 0.1) is 5.02 Å². The maximum Gasteiger partial charge on any atom is 0.138 e. The Labute approximate surface area is 184 Å². The lowest BCUT2D eigenvalue weighted by atomic mass is 9.88. The van der Waals surface area contributed by atoms with Gasteiger partial charge in [-0.25, -0.2) is 0 Å². The van der Waals surface area contributed by atoms with Crippen molar-refractivity contribution in [2.75, 3.05) is 13.2 Å². The van der Waals surface area contributed by atoms with E-state index in [-0.39, 0.29) is 5.41 Å². The molecular weight excluding hydrogens is 392 g/mol. The number of rotatable bonds is 9. The van der Waals surface area contributed by atoms with Crippen LogP contribution in [-0.2, 0) is 18.3 Å². The van der Waals surface area contributed by atoms with Gasteiger partial charge in [-0.2, -0.15) is 0 Å². The highest BCUT2D eigenvalue weighted by atomic mass is 35.5. The Bertz CT molecular complexity index is 976. The largest absolute Gasteiger partial charge is 0.490 e. The standard InChI is InChI=1S/C27H29ClO2/c1-3-20-18-25(28)26(19-21(20)4-2)30-17-16-29-24-12-10-23(11-13-24)27(14-15-27)22-8-6-5-7-9-22/h5-13,18-19H,3-4,14-17H2,1-2H3. The van der Waals surface area contributed by atoms with Crippen LogP contribution >= 0.6 is 11.6 Å². The number of benzene rings is 3. The maximum atomic E-state index is 6.38. The molecule has 0 atom stereocenters. The van der Waals surface area contributed by atoms with Crippen LogP contribution in [0.5, 0.6) is 11.5 Å². The van der Waals surface area contributed by atoms with E-state index in [0.29, 0.717) is 18.2 Å². The minimum absolute atomic E-state index is 0.196. The van der Waals surface area contributed by atoms with Crippen LogP contribution in [0.1, 0.15) is 48.9 Å². The summed E-state index contributed by atoms with van der Waals surface area (Å²) in [6.07, 6.45) is 4.38. The Kier molecular flexibility index (Phi) is 6.34. The molecule has 30 heavy (non-hydrogen) atoms. The first kappa shape index (κ1) is 20.8. The first-order valence-electron chi connectivity index (χ1n) is 10.9. The van der Waals surface area contributed by atoms with E-state index in [0.717, 1.165) is 24.3 Å². The molecule has 0 aliphatic heterocycles. The van der Waals surface area contributed by atoms with E-state index >= 15 is 0 Å². The van der Waals surface area contributed by atoms with Gasteiger partial charge in [0, 0.05) is 5.41 Å². The van der Waals surface area contributed by atoms with Gasteiger partial charge < -0.3 is 9.47 Å². The summed E-state index contributed by atoms with van der Waals surface area (Å²) in [5, 5.41) is 0.670. The molecule has 1 fully saturated rings. The normalized spacial score (nSPS) is 14.4. The molecule has 3 heteroatoms. The van der Waals surface area contributed by atoms with Crippen molar-refractivity contribution in [3.63, 3.8) is 0 Å². The first-order valence-corrected chi connectivity index (χ1v) is 11.3. The summed E-state index contributed by atoms with van der Waals surface area (Å²) in [5.74, 6) is 1.61. The topological polar surface area (TPSA) is 18.5 Å². The van der Waals surface area contributed by atoms with Crippen LogP contribution in [0.25, 0.3) is 0 Å². The number of hydrogen-bond donors (Lipinski definition) is 0. The van der Waals surface area contributed by atoms with E-state index in [1.54, 1.807) is 0 Å². The van der Waals surface area contributed by atoms with E-state index in [4.69, 9.17) is 21.1 Å². The summed E-state index contributed by atoms with van der Waals surface area (Å²) in [6, 6.07) is 23.4. The predicted octanol–water partition coefficient (Wildman–Crippen LogP) is 7.00. The molecule has 0 saturated heterocycles. The molecule has 1 aliphatic rings. The Morgan fingerprint density at radius 3 is 2.00 bits per heavy atom. The maximum absolute atomic E-state index is 6.38. The van der Waals surface area contributed by atoms with Crippen LogP contribution in [-0.4, -0.2) is 13.2 Å². The minimum atomic E-state index is 0.196. The van der Waals surface area contributed by atoms with Gasteiger partial charge in [0.1, 0.15) is 24.7 Å². The van der Waals surface area contributed by atoms with E-state index in [2.05, 4.69) is 74.5 Å². The Hall–Kier alpha value is -2.45. The number of aryl methyl sites for hydroxylation is 2. The van der Waals surface area contributed by atoms with E-state index < -0.39 is 0 Å². The predicted molar refractivity (Wildman–Crippen MR) is 124 cm³/mol. The zero-order chi connectivity index (χ0) is 21.0. The van der Waals surface area contributed by atoms with Gasteiger partial charge in [0.15, 0.2) is 0 Å². The molecule has 0 bridgehead atoms. The fraction of sp³-hybridized carbons (Fsp3) is 0.333. The molecule has 0 heterocycles. The van der Waals surface area contributed by atoms with Crippen molar-refractivity contribution in [3.8, 4) is 11.5 Å². The smallest absolute Gasteiger partial charge is 0.138 e. The first-order chi connectivity index (χ1) is 14.7. The van der Waals surface area contributed by atoms with E-state index in [1.165, 1.54) is 35.1 Å². The molecule has 1 saturated carbocycles. The van der Waals surface area contributed by atoms with Crippen molar-refractivity contribution in [1.82, 2.24) is 0 Å². The average molecular weight is 421 g/mol. The van der Waals surface area contributed by atoms with Crippen molar-refractivity contribution in [1.29, 1.82) is 0 Å². The highest BCUT2D eigenvalue weighted by Gasteiger charge is 2.45. The third-order valence-corrected chi connectivity index (χ3v) is 6.40. The molecule has 0 amide bonds. The second kappa shape index (κ2) is 9.14. The molecule has 0 N–H and O–H groups in total. The summed E-state index contributed by atoms with van der Waals surface area (Å²) in [5.41, 5.74) is 5.55.